The van der Waals surface area contributed by atoms with Crippen molar-refractivity contribution in [3.05, 3.63) is 0 Å². The van der Waals surface area contributed by atoms with Crippen molar-refractivity contribution in [3.63, 3.8) is 0 Å². The Balaban J connectivity index is 3.34. The Bertz CT molecular complexity index is 217. The third kappa shape index (κ3) is 9.45. The molecular formula is C11H22N2O3. The fraction of sp³-hybridized carbons (Fsp3) is 0.818. The molecular weight excluding hydrogens is 208 g/mol. The highest BCUT2D eigenvalue weighted by Gasteiger charge is 2.02. The molecule has 2 amide bonds. The van der Waals surface area contributed by atoms with Gasteiger partial charge in [-0.3, -0.25) is 9.59 Å². The van der Waals surface area contributed by atoms with Crippen LogP contribution in [-0.4, -0.2) is 37.6 Å². The van der Waals surface area contributed by atoms with Crippen molar-refractivity contribution in [2.24, 2.45) is 0 Å². The highest BCUT2D eigenvalue weighted by molar-refractivity contribution is 5.84. The van der Waals surface area contributed by atoms with Crippen LogP contribution in [-0.2, 0) is 14.3 Å². The second kappa shape index (κ2) is 9.15. The van der Waals surface area contributed by atoms with E-state index >= 15 is 0 Å². The van der Waals surface area contributed by atoms with Crippen LogP contribution in [0.5, 0.6) is 0 Å². The first kappa shape index (κ1) is 14.9. The van der Waals surface area contributed by atoms with E-state index in [2.05, 4.69) is 10.6 Å². The van der Waals surface area contributed by atoms with Crippen LogP contribution in [0.1, 0.15) is 33.6 Å². The maximum absolute atomic E-state index is 11.2. The highest BCUT2D eigenvalue weighted by atomic mass is 16.5. The number of ether oxygens (including phenoxy) is 1. The molecule has 2 N–H and O–H groups in total. The fourth-order valence-electron chi connectivity index (χ4n) is 0.985. The van der Waals surface area contributed by atoms with Crippen LogP contribution in [0.25, 0.3) is 0 Å². The van der Waals surface area contributed by atoms with Gasteiger partial charge in [0.2, 0.25) is 11.8 Å². The molecule has 0 aliphatic heterocycles. The first-order valence-corrected chi connectivity index (χ1v) is 5.71. The van der Waals surface area contributed by atoms with Gasteiger partial charge in [0, 0.05) is 19.6 Å². The predicted octanol–water partition coefficient (Wildman–Crippen LogP) is 0.444. The first-order chi connectivity index (χ1) is 7.56. The SMILES string of the molecule is CCC(=O)NCC(=O)NCCCOC(C)C. The van der Waals surface area contributed by atoms with Crippen LogP contribution in [0.3, 0.4) is 0 Å². The molecule has 0 radical (unpaired) electrons. The van der Waals surface area contributed by atoms with Gasteiger partial charge in [-0.2, -0.15) is 0 Å². The molecule has 5 nitrogen and oxygen atoms in total. The number of hydrogen-bond acceptors (Lipinski definition) is 3. The minimum absolute atomic E-state index is 0.0533. The zero-order chi connectivity index (χ0) is 12.4. The van der Waals surface area contributed by atoms with Gasteiger partial charge in [0.25, 0.3) is 0 Å². The van der Waals surface area contributed by atoms with Gasteiger partial charge >= 0.3 is 0 Å². The van der Waals surface area contributed by atoms with E-state index < -0.39 is 0 Å². The van der Waals surface area contributed by atoms with Crippen LogP contribution in [0.15, 0.2) is 0 Å². The summed E-state index contributed by atoms with van der Waals surface area (Å²) in [5.74, 6) is -0.273. The van der Waals surface area contributed by atoms with E-state index in [4.69, 9.17) is 4.74 Å². The van der Waals surface area contributed by atoms with Gasteiger partial charge in [-0.1, -0.05) is 6.92 Å². The van der Waals surface area contributed by atoms with Crippen LogP contribution in [0.4, 0.5) is 0 Å². The monoisotopic (exact) mass is 230 g/mol. The topological polar surface area (TPSA) is 67.4 Å². The predicted molar refractivity (Wildman–Crippen MR) is 62.0 cm³/mol. The van der Waals surface area contributed by atoms with E-state index in [0.717, 1.165) is 6.42 Å². The lowest BCUT2D eigenvalue weighted by atomic mass is 10.4. The molecule has 0 saturated heterocycles. The van der Waals surface area contributed by atoms with E-state index in [0.29, 0.717) is 19.6 Å². The Morgan fingerprint density at radius 3 is 2.44 bits per heavy atom. The Morgan fingerprint density at radius 1 is 1.19 bits per heavy atom. The van der Waals surface area contributed by atoms with E-state index in [9.17, 15) is 9.59 Å². The molecule has 0 rings (SSSR count). The lowest BCUT2D eigenvalue weighted by Crippen LogP contribution is -2.37. The maximum atomic E-state index is 11.2. The Morgan fingerprint density at radius 2 is 1.88 bits per heavy atom. The summed E-state index contributed by atoms with van der Waals surface area (Å²) in [6, 6.07) is 0. The van der Waals surface area contributed by atoms with Gasteiger partial charge in [-0.05, 0) is 20.3 Å². The fourth-order valence-corrected chi connectivity index (χ4v) is 0.985. The molecule has 5 heteroatoms. The zero-order valence-electron chi connectivity index (χ0n) is 10.3. The van der Waals surface area contributed by atoms with Gasteiger partial charge in [0.05, 0.1) is 12.6 Å². The van der Waals surface area contributed by atoms with Gasteiger partial charge < -0.3 is 15.4 Å². The van der Waals surface area contributed by atoms with Gasteiger partial charge in [0.15, 0.2) is 0 Å². The van der Waals surface area contributed by atoms with E-state index in [1.807, 2.05) is 13.8 Å². The molecule has 0 fully saturated rings. The van der Waals surface area contributed by atoms with E-state index in [1.54, 1.807) is 6.92 Å². The highest BCUT2D eigenvalue weighted by Crippen LogP contribution is 1.88. The molecule has 0 unspecified atom stereocenters. The molecule has 0 aliphatic rings. The van der Waals surface area contributed by atoms with Gasteiger partial charge in [0.1, 0.15) is 0 Å². The van der Waals surface area contributed by atoms with Crippen molar-refractivity contribution in [2.45, 2.75) is 39.7 Å². The number of carbonyl (C=O) groups is 2. The molecule has 0 aromatic heterocycles. The smallest absolute Gasteiger partial charge is 0.239 e. The molecule has 0 saturated carbocycles. The lowest BCUT2D eigenvalue weighted by molar-refractivity contribution is -0.125. The molecule has 0 aliphatic carbocycles. The van der Waals surface area contributed by atoms with Gasteiger partial charge in [-0.15, -0.1) is 0 Å². The standard InChI is InChI=1S/C11H22N2O3/c1-4-10(14)13-8-11(15)12-6-5-7-16-9(2)3/h9H,4-8H2,1-3H3,(H,12,15)(H,13,14). The number of carbonyl (C=O) groups excluding carboxylic acids is 2. The average molecular weight is 230 g/mol. The normalized spacial score (nSPS) is 10.2. The lowest BCUT2D eigenvalue weighted by Gasteiger charge is -2.08. The quantitative estimate of drug-likeness (QED) is 0.595. The van der Waals surface area contributed by atoms with Crippen molar-refractivity contribution < 1.29 is 14.3 Å². The molecule has 94 valence electrons. The molecule has 0 atom stereocenters. The second-order valence-corrected chi connectivity index (χ2v) is 3.75. The Hall–Kier alpha value is -1.10. The summed E-state index contributed by atoms with van der Waals surface area (Å²) < 4.78 is 5.32. The Labute approximate surface area is 96.9 Å². The molecule has 0 aromatic carbocycles. The third-order valence-corrected chi connectivity index (χ3v) is 1.86. The number of nitrogens with one attached hydrogen (secondary N) is 2. The molecule has 16 heavy (non-hydrogen) atoms. The molecule has 0 spiro atoms. The zero-order valence-corrected chi connectivity index (χ0v) is 10.3. The minimum Gasteiger partial charge on any atom is -0.379 e. The summed E-state index contributed by atoms with van der Waals surface area (Å²) in [4.78, 5) is 22.1. The maximum Gasteiger partial charge on any atom is 0.239 e. The van der Waals surface area contributed by atoms with Gasteiger partial charge in [-0.25, -0.2) is 0 Å². The Kier molecular flexibility index (Phi) is 8.52. The third-order valence-electron chi connectivity index (χ3n) is 1.86. The second-order valence-electron chi connectivity index (χ2n) is 3.75. The van der Waals surface area contributed by atoms with Crippen molar-refractivity contribution >= 4 is 11.8 Å². The summed E-state index contributed by atoms with van der Waals surface area (Å²) in [6.07, 6.45) is 1.40. The summed E-state index contributed by atoms with van der Waals surface area (Å²) >= 11 is 0. The average Bonchev–Trinajstić information content (AvgIpc) is 2.24. The van der Waals surface area contributed by atoms with Crippen LogP contribution in [0.2, 0.25) is 0 Å². The van der Waals surface area contributed by atoms with Crippen molar-refractivity contribution in [3.8, 4) is 0 Å². The van der Waals surface area contributed by atoms with Crippen molar-refractivity contribution in [2.75, 3.05) is 19.7 Å². The summed E-state index contributed by atoms with van der Waals surface area (Å²) in [6.45, 7) is 6.96. The number of amides is 2. The molecule has 0 heterocycles. The molecule has 0 aromatic rings. The van der Waals surface area contributed by atoms with E-state index in [-0.39, 0.29) is 24.5 Å². The summed E-state index contributed by atoms with van der Waals surface area (Å²) in [5.41, 5.74) is 0. The molecule has 0 bridgehead atoms. The number of rotatable bonds is 8. The van der Waals surface area contributed by atoms with Crippen molar-refractivity contribution in [1.82, 2.24) is 10.6 Å². The van der Waals surface area contributed by atoms with Crippen LogP contribution < -0.4 is 10.6 Å². The minimum atomic E-state index is -0.161. The van der Waals surface area contributed by atoms with Crippen LogP contribution in [0, 0.1) is 0 Å². The van der Waals surface area contributed by atoms with E-state index in [1.165, 1.54) is 0 Å². The van der Waals surface area contributed by atoms with Crippen molar-refractivity contribution in [1.29, 1.82) is 0 Å². The summed E-state index contributed by atoms with van der Waals surface area (Å²) in [5, 5.41) is 5.21. The number of hydrogen-bond donors (Lipinski definition) is 2. The largest absolute Gasteiger partial charge is 0.379 e. The summed E-state index contributed by atoms with van der Waals surface area (Å²) in [7, 11) is 0. The first-order valence-electron chi connectivity index (χ1n) is 5.71. The van der Waals surface area contributed by atoms with Crippen LogP contribution >= 0.6 is 0 Å².